The Balaban J connectivity index is 0.000000200. The number of hydrogen-bond acceptors (Lipinski definition) is 17. The Kier molecular flexibility index (Phi) is 27.7. The molecule has 5 fully saturated rings. The molecule has 2 bridgehead atoms. The standard InChI is InChI=1S/C18H23F3O9S.C18H13OS.C14H22O.C11H18O3.C11H16O.C7H12O2/c1-4-17(2,3)16(24)30-13-8-5-7-11(15(23)29-12(7)13)10(8)14(22)28-9(18(19,20)21)6-31(25,26)27;1-2-8-14(9-3-1)20-17-12-6-4-10-15(17)19-16-11-5-7-13-18(16)20;1-6-13(2,3)11-7-9-12(10-8-11)14(4,5)15;1-4-11(2,3)10(13)14-9-7-5-6-8(9)12;1-4-11(2,3)9-5-7-10(12)8-6-9;1-3-7(2)4-5-9-6(7)8/h7-13H,4-6H2,1-3H3,(H,25,26,27);1-13H;7-10,15H,6H2,1-5H3;9H,4-7H2,1-3H3;5-8,12H,4H2,1-3H3;3-5H2,1-2H3/q;+1;;;;/p-1. The average molecular weight is 1450 g/mol. The quantitative estimate of drug-likeness (QED) is 0.0372. The van der Waals surface area contributed by atoms with Crippen molar-refractivity contribution in [1.82, 2.24) is 0 Å². The number of ketones is 1. The number of esters is 5. The van der Waals surface area contributed by atoms with Crippen LogP contribution in [0.3, 0.4) is 0 Å². The van der Waals surface area contributed by atoms with Gasteiger partial charge in [-0.15, -0.1) is 0 Å². The smallest absolute Gasteiger partial charge is 0.426 e. The Labute approximate surface area is 597 Å². The Morgan fingerprint density at radius 1 is 0.673 bits per heavy atom. The van der Waals surface area contributed by atoms with Gasteiger partial charge in [0.2, 0.25) is 15.9 Å². The lowest BCUT2D eigenvalue weighted by atomic mass is 9.78. The van der Waals surface area contributed by atoms with Crippen LogP contribution >= 0.6 is 0 Å². The number of carbonyl (C=O) groups is 6. The predicted molar refractivity (Wildman–Crippen MR) is 378 cm³/mol. The highest BCUT2D eigenvalue weighted by molar-refractivity contribution is 7.97. The minimum Gasteiger partial charge on any atom is -0.748 e. The summed E-state index contributed by atoms with van der Waals surface area (Å²) in [6.07, 6.45) is -3.29. The van der Waals surface area contributed by atoms with Crippen molar-refractivity contribution in [1.29, 1.82) is 0 Å². The number of ether oxygens (including phenoxy) is 6. The fourth-order valence-corrected chi connectivity index (χ4v) is 14.8. The second-order valence-corrected chi connectivity index (χ2v) is 33.3. The van der Waals surface area contributed by atoms with E-state index in [0.29, 0.717) is 31.6 Å². The maximum atomic E-state index is 13.1. The zero-order valence-electron chi connectivity index (χ0n) is 61.2. The Hall–Kier alpha value is -7.27. The van der Waals surface area contributed by atoms with E-state index in [2.05, 4.69) is 113 Å². The molecule has 17 nitrogen and oxygen atoms in total. The third kappa shape index (κ3) is 21.2. The van der Waals surface area contributed by atoms with E-state index in [1.54, 1.807) is 32.9 Å². The number of hydrogen-bond donors (Lipinski definition) is 2. The molecule has 0 spiro atoms. The van der Waals surface area contributed by atoms with Gasteiger partial charge in [0.1, 0.15) is 28.9 Å². The molecule has 3 aliphatic heterocycles. The summed E-state index contributed by atoms with van der Waals surface area (Å²) in [5, 5.41) is 18.9. The molecule has 554 valence electrons. The molecule has 9 unspecified atom stereocenters. The van der Waals surface area contributed by atoms with E-state index in [1.165, 1.54) is 25.8 Å². The number of rotatable bonds is 17. The number of alkyl halides is 3. The van der Waals surface area contributed by atoms with Gasteiger partial charge in [0.15, 0.2) is 28.3 Å². The van der Waals surface area contributed by atoms with Gasteiger partial charge in [-0.1, -0.05) is 141 Å². The molecule has 2 saturated heterocycles. The molecule has 3 saturated carbocycles. The van der Waals surface area contributed by atoms with Crippen molar-refractivity contribution < 1.29 is 93.5 Å². The second-order valence-electron chi connectivity index (χ2n) is 29.9. The Bertz CT molecular complexity index is 3710. The van der Waals surface area contributed by atoms with Gasteiger partial charge in [0, 0.05) is 18.3 Å². The Morgan fingerprint density at radius 2 is 1.16 bits per heavy atom. The van der Waals surface area contributed by atoms with Gasteiger partial charge in [0.05, 0.1) is 56.2 Å². The summed E-state index contributed by atoms with van der Waals surface area (Å²) in [5.74, 6) is -6.64. The first-order valence-corrected chi connectivity index (χ1v) is 37.6. The van der Waals surface area contributed by atoms with E-state index < -0.39 is 104 Å². The van der Waals surface area contributed by atoms with Crippen LogP contribution in [0.25, 0.3) is 0 Å². The average Bonchev–Trinajstić information content (AvgIpc) is 1.54. The molecule has 5 aromatic rings. The number of phenols is 1. The molecule has 0 aromatic heterocycles. The van der Waals surface area contributed by atoms with E-state index in [0.717, 1.165) is 55.6 Å². The molecular weight excluding hydrogens is 1340 g/mol. The van der Waals surface area contributed by atoms with Gasteiger partial charge in [0.25, 0.3) is 0 Å². The molecule has 6 aliphatic rings. The minimum atomic E-state index is -5.36. The number of halogens is 3. The number of cyclic esters (lactones) is 1. The number of aromatic hydroxyl groups is 1. The first kappa shape index (κ1) is 82.7. The molecule has 11 rings (SSSR count). The third-order valence-corrected chi connectivity index (χ3v) is 23.7. The maximum Gasteiger partial charge on any atom is 0.426 e. The molecule has 2 N–H and O–H groups in total. The van der Waals surface area contributed by atoms with Crippen LogP contribution in [0.1, 0.15) is 192 Å². The minimum absolute atomic E-state index is 0.0231. The van der Waals surface area contributed by atoms with Gasteiger partial charge in [-0.3, -0.25) is 28.8 Å². The largest absolute Gasteiger partial charge is 0.748 e. The number of carbonyl (C=O) groups excluding carboxylic acids is 6. The normalized spacial score (nSPS) is 22.3. The summed E-state index contributed by atoms with van der Waals surface area (Å²) < 4.78 is 103. The highest BCUT2D eigenvalue weighted by atomic mass is 32.2. The molecule has 22 heteroatoms. The van der Waals surface area contributed by atoms with Crippen molar-refractivity contribution in [3.8, 4) is 17.2 Å². The summed E-state index contributed by atoms with van der Waals surface area (Å²) in [5.41, 5.74) is 1.77. The number of Topliss-reactive ketones (excluding diaryl/α,β-unsaturated/α-hetero) is 1. The molecule has 3 heterocycles. The van der Waals surface area contributed by atoms with E-state index in [-0.39, 0.29) is 51.3 Å². The van der Waals surface area contributed by atoms with Crippen LogP contribution in [0.4, 0.5) is 13.2 Å². The number of benzene rings is 5. The van der Waals surface area contributed by atoms with Crippen LogP contribution in [0.15, 0.2) is 142 Å². The van der Waals surface area contributed by atoms with Crippen LogP contribution in [0, 0.1) is 39.9 Å². The van der Waals surface area contributed by atoms with E-state index in [4.69, 9.17) is 28.8 Å². The molecule has 5 aromatic carbocycles. The zero-order valence-corrected chi connectivity index (χ0v) is 62.8. The summed E-state index contributed by atoms with van der Waals surface area (Å²) in [6, 6.07) is 43.0. The molecule has 0 amide bonds. The summed E-state index contributed by atoms with van der Waals surface area (Å²) in [7, 11) is -5.44. The van der Waals surface area contributed by atoms with Crippen molar-refractivity contribution in [2.24, 2.45) is 39.9 Å². The van der Waals surface area contributed by atoms with Gasteiger partial charge in [-0.05, 0) is 182 Å². The molecule has 0 radical (unpaired) electrons. The fraction of sp³-hybridized carbons (Fsp3) is 0.544. The van der Waals surface area contributed by atoms with Gasteiger partial charge < -0.3 is 43.2 Å². The van der Waals surface area contributed by atoms with Gasteiger partial charge in [-0.25, -0.2) is 8.42 Å². The first-order chi connectivity index (χ1) is 47.0. The van der Waals surface area contributed by atoms with Crippen molar-refractivity contribution in [2.75, 3.05) is 12.4 Å². The first-order valence-electron chi connectivity index (χ1n) is 34.8. The molecule has 9 atom stereocenters. The zero-order chi connectivity index (χ0) is 75.4. The van der Waals surface area contributed by atoms with Crippen molar-refractivity contribution >= 4 is 56.6 Å². The lowest BCUT2D eigenvalue weighted by Crippen LogP contribution is -2.47. The Morgan fingerprint density at radius 3 is 1.58 bits per heavy atom. The van der Waals surface area contributed by atoms with Crippen molar-refractivity contribution in [2.45, 2.75) is 237 Å². The van der Waals surface area contributed by atoms with Crippen LogP contribution < -0.4 is 4.74 Å². The highest BCUT2D eigenvalue weighted by Gasteiger charge is 2.71. The lowest BCUT2D eigenvalue weighted by molar-refractivity contribution is -0.220. The van der Waals surface area contributed by atoms with E-state index in [9.17, 15) is 60.0 Å². The number of aliphatic hydroxyl groups is 1. The summed E-state index contributed by atoms with van der Waals surface area (Å²) in [4.78, 5) is 75.0. The van der Waals surface area contributed by atoms with Crippen LogP contribution in [-0.2, 0) is 89.9 Å². The monoisotopic (exact) mass is 1440 g/mol. The molecule has 3 aliphatic carbocycles. The number of para-hydroxylation sites is 2. The highest BCUT2D eigenvalue weighted by Crippen LogP contribution is 2.59. The lowest BCUT2D eigenvalue weighted by Gasteiger charge is -2.33. The van der Waals surface area contributed by atoms with Gasteiger partial charge in [-0.2, -0.15) is 13.2 Å². The molecule has 101 heavy (non-hydrogen) atoms. The molecular formula is C79H103F3O17S2. The van der Waals surface area contributed by atoms with Crippen LogP contribution in [0.2, 0.25) is 0 Å². The maximum absolute atomic E-state index is 13.1. The van der Waals surface area contributed by atoms with Crippen LogP contribution in [0.5, 0.6) is 17.2 Å². The summed E-state index contributed by atoms with van der Waals surface area (Å²) in [6.45, 7) is 32.1. The van der Waals surface area contributed by atoms with Crippen molar-refractivity contribution in [3.63, 3.8) is 0 Å². The number of fused-ring (bicyclic) bond motifs is 3. The topological polar surface area (TPSA) is 255 Å². The van der Waals surface area contributed by atoms with E-state index >= 15 is 0 Å². The SMILES string of the molecule is CCC(C)(C)C(=O)OC1C2CC3C1OC(=O)C3C2C(=O)OC(CS(=O)(=O)[O-])C(F)(F)F.CCC(C)(C)C(=O)OC1CCCC1=O.CCC(C)(C)c1ccc(C(C)(C)O)cc1.CCC(C)(C)c1ccc(O)cc1.CCC1(C)CCOC1=O.c1ccc([S+]2c3ccccc3Oc3ccccc32)cc1. The second kappa shape index (κ2) is 33.9. The van der Waals surface area contributed by atoms with E-state index in [1.807, 2.05) is 97.0 Å². The van der Waals surface area contributed by atoms with Crippen LogP contribution in [-0.4, -0.2) is 102 Å². The van der Waals surface area contributed by atoms with Crippen molar-refractivity contribution in [3.05, 3.63) is 144 Å². The summed E-state index contributed by atoms with van der Waals surface area (Å²) >= 11 is 0. The predicted octanol–water partition coefficient (Wildman–Crippen LogP) is 16.2. The number of phenolic OH excluding ortho intramolecular Hbond substituents is 1. The fourth-order valence-electron chi connectivity index (χ4n) is 11.9. The third-order valence-electron chi connectivity index (χ3n) is 20.7. The van der Waals surface area contributed by atoms with Gasteiger partial charge >= 0.3 is 36.0 Å².